The first-order chi connectivity index (χ1) is 7.54. The molecular weight excluding hydrogens is 226 g/mol. The number of nitrogens with zero attached hydrogens (tertiary/aromatic N) is 1. The van der Waals surface area contributed by atoms with Gasteiger partial charge in [0.05, 0.1) is 13.0 Å². The standard InChI is InChI=1S/C11H17NO3S/c1-4-8(7-10(14)15-6-3)12-11(16)9(13)5-2/h4H,5-7H2,1-3H3,(H,12,16)/b8-4-. The third-order valence-electron chi connectivity index (χ3n) is 1.78. The topological polar surface area (TPSA) is 55.7 Å². The van der Waals surface area contributed by atoms with Crippen LogP contribution in [-0.4, -0.2) is 23.4 Å². The molecule has 0 unspecified atom stereocenters. The van der Waals surface area contributed by atoms with Crippen LogP contribution in [0.25, 0.3) is 0 Å². The Kier molecular flexibility index (Phi) is 7.54. The fourth-order valence-corrected chi connectivity index (χ4v) is 1.21. The molecule has 0 saturated heterocycles. The van der Waals surface area contributed by atoms with Gasteiger partial charge in [-0.05, 0) is 13.8 Å². The van der Waals surface area contributed by atoms with Crippen molar-refractivity contribution in [2.75, 3.05) is 6.61 Å². The van der Waals surface area contributed by atoms with Crippen molar-refractivity contribution in [1.82, 2.24) is 0 Å². The molecule has 0 N–H and O–H groups in total. The molecule has 0 aromatic carbocycles. The van der Waals surface area contributed by atoms with Gasteiger partial charge in [0, 0.05) is 12.1 Å². The molecule has 0 aliphatic heterocycles. The number of rotatable bonds is 6. The van der Waals surface area contributed by atoms with E-state index in [0.29, 0.717) is 18.7 Å². The Morgan fingerprint density at radius 1 is 1.38 bits per heavy atom. The van der Waals surface area contributed by atoms with Crippen LogP contribution in [0.5, 0.6) is 0 Å². The third kappa shape index (κ3) is 5.70. The number of allylic oxidation sites excluding steroid dienone is 1. The lowest BCUT2D eigenvalue weighted by Gasteiger charge is -2.03. The maximum absolute atomic E-state index is 11.2. The van der Waals surface area contributed by atoms with Crippen molar-refractivity contribution < 1.29 is 14.3 Å². The second kappa shape index (κ2) is 8.10. The second-order valence-corrected chi connectivity index (χ2v) is 3.40. The number of Topliss-reactive ketones (excluding diaryl/α,β-unsaturated/α-hetero) is 1. The van der Waals surface area contributed by atoms with E-state index in [1.165, 1.54) is 0 Å². The minimum Gasteiger partial charge on any atom is -0.466 e. The van der Waals surface area contributed by atoms with Crippen molar-refractivity contribution in [2.24, 2.45) is 4.99 Å². The first-order valence-electron chi connectivity index (χ1n) is 5.16. The first kappa shape index (κ1) is 14.9. The molecule has 0 amide bonds. The van der Waals surface area contributed by atoms with Crippen LogP contribution in [0.3, 0.4) is 0 Å². The highest BCUT2D eigenvalue weighted by Gasteiger charge is 2.08. The van der Waals surface area contributed by atoms with Gasteiger partial charge in [0.25, 0.3) is 0 Å². The zero-order valence-electron chi connectivity index (χ0n) is 9.82. The van der Waals surface area contributed by atoms with Crippen molar-refractivity contribution in [3.8, 4) is 0 Å². The van der Waals surface area contributed by atoms with Gasteiger partial charge < -0.3 is 4.74 Å². The predicted molar refractivity (Wildman–Crippen MR) is 66.7 cm³/mol. The molecule has 0 bridgehead atoms. The van der Waals surface area contributed by atoms with Crippen LogP contribution in [0, 0.1) is 0 Å². The molecule has 5 heteroatoms. The van der Waals surface area contributed by atoms with E-state index < -0.39 is 0 Å². The Hall–Kier alpha value is -1.10. The Bertz CT molecular complexity index is 321. The number of ether oxygens (including phenoxy) is 1. The molecule has 0 atom stereocenters. The maximum atomic E-state index is 11.2. The van der Waals surface area contributed by atoms with E-state index in [-0.39, 0.29) is 23.2 Å². The highest BCUT2D eigenvalue weighted by atomic mass is 32.1. The lowest BCUT2D eigenvalue weighted by Crippen LogP contribution is -2.08. The normalized spacial score (nSPS) is 12.5. The zero-order valence-corrected chi connectivity index (χ0v) is 10.7. The Morgan fingerprint density at radius 2 is 2.00 bits per heavy atom. The van der Waals surface area contributed by atoms with Crippen molar-refractivity contribution in [3.63, 3.8) is 0 Å². The minimum absolute atomic E-state index is 0.0609. The summed E-state index contributed by atoms with van der Waals surface area (Å²) in [5.41, 5.74) is 0.491. The van der Waals surface area contributed by atoms with E-state index in [2.05, 4.69) is 17.6 Å². The van der Waals surface area contributed by atoms with Crippen molar-refractivity contribution in [1.29, 1.82) is 0 Å². The average molecular weight is 243 g/mol. The third-order valence-corrected chi connectivity index (χ3v) is 2.13. The molecule has 0 aliphatic carbocycles. The molecule has 90 valence electrons. The maximum Gasteiger partial charge on any atom is 0.311 e. The average Bonchev–Trinajstić information content (AvgIpc) is 2.27. The summed E-state index contributed by atoms with van der Waals surface area (Å²) in [5.74, 6) is -0.504. The molecule has 0 heterocycles. The molecule has 4 nitrogen and oxygen atoms in total. The number of hydrogen-bond donors (Lipinski definition) is 1. The van der Waals surface area contributed by atoms with E-state index in [0.717, 1.165) is 0 Å². The summed E-state index contributed by atoms with van der Waals surface area (Å²) in [5, 5.41) is 0.125. The van der Waals surface area contributed by atoms with Gasteiger partial charge in [-0.1, -0.05) is 13.0 Å². The Morgan fingerprint density at radius 3 is 2.44 bits per heavy atom. The largest absolute Gasteiger partial charge is 0.466 e. The Balaban J connectivity index is 4.54. The summed E-state index contributed by atoms with van der Waals surface area (Å²) in [6.45, 7) is 5.55. The van der Waals surface area contributed by atoms with Gasteiger partial charge in [-0.25, -0.2) is 4.99 Å². The number of carbonyl (C=O) groups is 2. The van der Waals surface area contributed by atoms with E-state index in [4.69, 9.17) is 4.74 Å². The van der Waals surface area contributed by atoms with Crippen molar-refractivity contribution >= 4 is 29.4 Å². The van der Waals surface area contributed by atoms with E-state index in [9.17, 15) is 9.59 Å². The van der Waals surface area contributed by atoms with E-state index >= 15 is 0 Å². The first-order valence-corrected chi connectivity index (χ1v) is 5.61. The van der Waals surface area contributed by atoms with Gasteiger partial charge in [0.2, 0.25) is 0 Å². The second-order valence-electron chi connectivity index (χ2n) is 2.97. The number of carbonyl (C=O) groups excluding carboxylic acids is 2. The molecule has 0 aromatic rings. The molecule has 0 rings (SSSR count). The summed E-state index contributed by atoms with van der Waals surface area (Å²) < 4.78 is 4.78. The zero-order chi connectivity index (χ0) is 12.6. The quantitative estimate of drug-likeness (QED) is 0.336. The number of hydrogen-bond acceptors (Lipinski definition) is 4. The molecule has 0 aliphatic rings. The van der Waals surface area contributed by atoms with Crippen LogP contribution in [0.15, 0.2) is 16.8 Å². The summed E-state index contributed by atoms with van der Waals surface area (Å²) >= 11 is 3.98. The molecular formula is C11H17NO3S. The van der Waals surface area contributed by atoms with E-state index in [1.54, 1.807) is 26.8 Å². The van der Waals surface area contributed by atoms with Crippen LogP contribution in [-0.2, 0) is 14.3 Å². The van der Waals surface area contributed by atoms with Crippen molar-refractivity contribution in [3.05, 3.63) is 11.8 Å². The SMILES string of the molecule is C/C=C(CC(=O)OCC)\N=C(/S)C(=O)CC. The number of thiol groups is 1. The summed E-state index contributed by atoms with van der Waals surface area (Å²) in [6.07, 6.45) is 2.07. The number of esters is 1. The van der Waals surface area contributed by atoms with Crippen LogP contribution >= 0.6 is 12.6 Å². The molecule has 0 radical (unpaired) electrons. The van der Waals surface area contributed by atoms with Crippen LogP contribution < -0.4 is 0 Å². The predicted octanol–water partition coefficient (Wildman–Crippen LogP) is 2.15. The molecule has 16 heavy (non-hydrogen) atoms. The lowest BCUT2D eigenvalue weighted by molar-refractivity contribution is -0.142. The smallest absolute Gasteiger partial charge is 0.311 e. The lowest BCUT2D eigenvalue weighted by atomic mass is 10.3. The van der Waals surface area contributed by atoms with Crippen molar-refractivity contribution in [2.45, 2.75) is 33.6 Å². The highest BCUT2D eigenvalue weighted by molar-refractivity contribution is 7.99. The van der Waals surface area contributed by atoms with Gasteiger partial charge in [-0.3, -0.25) is 9.59 Å². The molecule has 0 saturated carbocycles. The molecule has 0 spiro atoms. The van der Waals surface area contributed by atoms with Crippen LogP contribution in [0.4, 0.5) is 0 Å². The van der Waals surface area contributed by atoms with Gasteiger partial charge in [-0.2, -0.15) is 0 Å². The Labute approximate surface area is 101 Å². The molecule has 0 aromatic heterocycles. The minimum atomic E-state index is -0.357. The number of aliphatic imine (C=N–C) groups is 1. The van der Waals surface area contributed by atoms with Crippen LogP contribution in [0.1, 0.15) is 33.6 Å². The van der Waals surface area contributed by atoms with Gasteiger partial charge in [-0.15, -0.1) is 12.6 Å². The fourth-order valence-electron chi connectivity index (χ4n) is 0.923. The van der Waals surface area contributed by atoms with Crippen LogP contribution in [0.2, 0.25) is 0 Å². The summed E-state index contributed by atoms with van der Waals surface area (Å²) in [7, 11) is 0. The molecule has 0 fully saturated rings. The summed E-state index contributed by atoms with van der Waals surface area (Å²) in [4.78, 5) is 26.4. The van der Waals surface area contributed by atoms with E-state index in [1.807, 2.05) is 0 Å². The monoisotopic (exact) mass is 243 g/mol. The van der Waals surface area contributed by atoms with Gasteiger partial charge >= 0.3 is 5.97 Å². The van der Waals surface area contributed by atoms with Gasteiger partial charge in [0.15, 0.2) is 5.78 Å². The summed E-state index contributed by atoms with van der Waals surface area (Å²) in [6, 6.07) is 0. The highest BCUT2D eigenvalue weighted by Crippen LogP contribution is 2.07. The van der Waals surface area contributed by atoms with Gasteiger partial charge in [0.1, 0.15) is 5.04 Å². The number of ketones is 1. The fraction of sp³-hybridized carbons (Fsp3) is 0.545.